The van der Waals surface area contributed by atoms with Crippen molar-refractivity contribution in [3.8, 4) is 0 Å². The molecule has 4 heteroatoms. The van der Waals surface area contributed by atoms with Crippen molar-refractivity contribution in [2.45, 2.75) is 52.4 Å². The Morgan fingerprint density at radius 1 is 1.29 bits per heavy atom. The smallest absolute Gasteiger partial charge is 0.335 e. The quantitative estimate of drug-likeness (QED) is 0.867. The molecule has 1 aliphatic rings. The zero-order valence-corrected chi connectivity index (χ0v) is 13.1. The summed E-state index contributed by atoms with van der Waals surface area (Å²) < 4.78 is 0. The number of rotatable bonds is 6. The second kappa shape index (κ2) is 7.43. The number of carboxylic acids is 1. The van der Waals surface area contributed by atoms with E-state index in [2.05, 4.69) is 23.7 Å². The number of anilines is 1. The maximum absolute atomic E-state index is 11.3. The van der Waals surface area contributed by atoms with Crippen molar-refractivity contribution in [1.29, 1.82) is 0 Å². The molecule has 1 aliphatic heterocycles. The van der Waals surface area contributed by atoms with Crippen molar-refractivity contribution in [3.63, 3.8) is 0 Å². The van der Waals surface area contributed by atoms with Gasteiger partial charge in [0.05, 0.1) is 5.56 Å². The van der Waals surface area contributed by atoms with Crippen molar-refractivity contribution in [1.82, 2.24) is 4.98 Å². The van der Waals surface area contributed by atoms with Gasteiger partial charge in [-0.3, -0.25) is 0 Å². The molecule has 1 N–H and O–H groups in total. The molecule has 1 aromatic rings. The van der Waals surface area contributed by atoms with Gasteiger partial charge in [0.25, 0.3) is 0 Å². The molecular formula is C17H26N2O2. The van der Waals surface area contributed by atoms with E-state index in [4.69, 9.17) is 0 Å². The van der Waals surface area contributed by atoms with Gasteiger partial charge in [-0.05, 0) is 37.3 Å². The van der Waals surface area contributed by atoms with Crippen molar-refractivity contribution in [2.24, 2.45) is 5.92 Å². The Labute approximate surface area is 127 Å². The average Bonchev–Trinajstić information content (AvgIpc) is 2.48. The Morgan fingerprint density at radius 3 is 2.57 bits per heavy atom. The Bertz CT molecular complexity index is 480. The number of piperidine rings is 1. The predicted octanol–water partition coefficient (Wildman–Crippen LogP) is 3.75. The topological polar surface area (TPSA) is 53.4 Å². The van der Waals surface area contributed by atoms with Gasteiger partial charge >= 0.3 is 5.97 Å². The highest BCUT2D eigenvalue weighted by Crippen LogP contribution is 2.26. The highest BCUT2D eigenvalue weighted by molar-refractivity contribution is 5.88. The molecule has 0 amide bonds. The highest BCUT2D eigenvalue weighted by atomic mass is 16.4. The summed E-state index contributed by atoms with van der Waals surface area (Å²) in [5, 5.41) is 9.27. The molecule has 0 unspecified atom stereocenters. The van der Waals surface area contributed by atoms with E-state index >= 15 is 0 Å². The van der Waals surface area contributed by atoms with Crippen molar-refractivity contribution < 1.29 is 9.90 Å². The lowest BCUT2D eigenvalue weighted by Gasteiger charge is -2.33. The number of carboxylic acid groups (broad SMARTS) is 1. The Hall–Kier alpha value is -1.58. The van der Waals surface area contributed by atoms with Gasteiger partial charge in [0, 0.05) is 18.8 Å². The lowest BCUT2D eigenvalue weighted by molar-refractivity contribution is 0.0696. The van der Waals surface area contributed by atoms with Gasteiger partial charge in [-0.2, -0.15) is 0 Å². The third-order valence-corrected chi connectivity index (χ3v) is 4.25. The van der Waals surface area contributed by atoms with Gasteiger partial charge < -0.3 is 10.0 Å². The maximum atomic E-state index is 11.3. The number of nitrogens with zero attached hydrogens (tertiary/aromatic N) is 2. The highest BCUT2D eigenvalue weighted by Gasteiger charge is 2.20. The average molecular weight is 290 g/mol. The van der Waals surface area contributed by atoms with Crippen LogP contribution in [0.1, 0.15) is 62.0 Å². The first-order chi connectivity index (χ1) is 10.1. The van der Waals surface area contributed by atoms with E-state index < -0.39 is 5.97 Å². The van der Waals surface area contributed by atoms with E-state index in [1.807, 2.05) is 0 Å². The van der Waals surface area contributed by atoms with E-state index in [0.29, 0.717) is 5.56 Å². The van der Waals surface area contributed by atoms with Crippen LogP contribution in [0.3, 0.4) is 0 Å². The van der Waals surface area contributed by atoms with Crippen LogP contribution in [0.4, 0.5) is 5.82 Å². The molecule has 2 rings (SSSR count). The summed E-state index contributed by atoms with van der Waals surface area (Å²) in [5.74, 6) is 0.800. The van der Waals surface area contributed by atoms with E-state index in [0.717, 1.165) is 43.4 Å². The number of aryl methyl sites for hydroxylation is 1. The Morgan fingerprint density at radius 2 is 2.00 bits per heavy atom. The van der Waals surface area contributed by atoms with Crippen LogP contribution in [0.5, 0.6) is 0 Å². The van der Waals surface area contributed by atoms with Crippen molar-refractivity contribution in [2.75, 3.05) is 18.0 Å². The summed E-state index contributed by atoms with van der Waals surface area (Å²) in [7, 11) is 0. The molecule has 0 aromatic carbocycles. The number of hydrogen-bond donors (Lipinski definition) is 1. The summed E-state index contributed by atoms with van der Waals surface area (Å²) in [6.45, 7) is 6.31. The van der Waals surface area contributed by atoms with Crippen LogP contribution in [-0.4, -0.2) is 29.1 Å². The molecule has 0 spiro atoms. The molecule has 21 heavy (non-hydrogen) atoms. The Kier molecular flexibility index (Phi) is 5.59. The van der Waals surface area contributed by atoms with E-state index in [9.17, 15) is 9.90 Å². The Balaban J connectivity index is 2.13. The number of aromatic carboxylic acids is 1. The number of aromatic nitrogens is 1. The molecule has 0 atom stereocenters. The van der Waals surface area contributed by atoms with Crippen LogP contribution in [0.2, 0.25) is 0 Å². The fourth-order valence-electron chi connectivity index (χ4n) is 3.10. The lowest BCUT2D eigenvalue weighted by atomic mass is 9.92. The van der Waals surface area contributed by atoms with Gasteiger partial charge in [0.15, 0.2) is 0 Å². The number of carbonyl (C=O) groups is 1. The molecular weight excluding hydrogens is 264 g/mol. The fourth-order valence-corrected chi connectivity index (χ4v) is 3.10. The second-order valence-corrected chi connectivity index (χ2v) is 5.98. The molecule has 4 nitrogen and oxygen atoms in total. The summed E-state index contributed by atoms with van der Waals surface area (Å²) in [6.07, 6.45) is 6.75. The predicted molar refractivity (Wildman–Crippen MR) is 85.0 cm³/mol. The summed E-state index contributed by atoms with van der Waals surface area (Å²) in [5.41, 5.74) is 1.25. The first-order valence-electron chi connectivity index (χ1n) is 8.13. The molecule has 0 radical (unpaired) electrons. The van der Waals surface area contributed by atoms with E-state index in [-0.39, 0.29) is 0 Å². The zero-order valence-electron chi connectivity index (χ0n) is 13.1. The first-order valence-corrected chi connectivity index (χ1v) is 8.13. The van der Waals surface area contributed by atoms with Gasteiger partial charge in [0.1, 0.15) is 5.82 Å². The summed E-state index contributed by atoms with van der Waals surface area (Å²) >= 11 is 0. The molecule has 1 saturated heterocycles. The standard InChI is InChI=1S/C17H26N2O2/c1-3-5-13-7-9-19(10-8-13)16-12-14(17(20)21)11-15(18-16)6-4-2/h11-13H,3-10H2,1-2H3,(H,20,21). The summed E-state index contributed by atoms with van der Waals surface area (Å²) in [6, 6.07) is 3.43. The normalized spacial score (nSPS) is 16.2. The van der Waals surface area contributed by atoms with Crippen LogP contribution >= 0.6 is 0 Å². The van der Waals surface area contributed by atoms with E-state index in [1.165, 1.54) is 25.7 Å². The van der Waals surface area contributed by atoms with Gasteiger partial charge in [-0.1, -0.05) is 33.1 Å². The lowest BCUT2D eigenvalue weighted by Crippen LogP contribution is -2.34. The molecule has 0 aliphatic carbocycles. The van der Waals surface area contributed by atoms with Crippen LogP contribution in [0, 0.1) is 5.92 Å². The zero-order chi connectivity index (χ0) is 15.2. The molecule has 1 aromatic heterocycles. The fraction of sp³-hybridized carbons (Fsp3) is 0.647. The van der Waals surface area contributed by atoms with Crippen LogP contribution in [0.25, 0.3) is 0 Å². The third kappa shape index (κ3) is 4.19. The maximum Gasteiger partial charge on any atom is 0.335 e. The SMILES string of the molecule is CCCc1cc(C(=O)O)cc(N2CCC(CCC)CC2)n1. The van der Waals surface area contributed by atoms with E-state index in [1.54, 1.807) is 12.1 Å². The van der Waals surface area contributed by atoms with Crippen LogP contribution in [-0.2, 0) is 6.42 Å². The number of hydrogen-bond acceptors (Lipinski definition) is 3. The monoisotopic (exact) mass is 290 g/mol. The van der Waals surface area contributed by atoms with Crippen LogP contribution < -0.4 is 4.90 Å². The van der Waals surface area contributed by atoms with Crippen LogP contribution in [0.15, 0.2) is 12.1 Å². The molecule has 2 heterocycles. The molecule has 1 fully saturated rings. The minimum absolute atomic E-state index is 0.360. The minimum atomic E-state index is -0.864. The van der Waals surface area contributed by atoms with Gasteiger partial charge in [0.2, 0.25) is 0 Å². The number of pyridine rings is 1. The summed E-state index contributed by atoms with van der Waals surface area (Å²) in [4.78, 5) is 18.2. The second-order valence-electron chi connectivity index (χ2n) is 5.98. The molecule has 116 valence electrons. The molecule has 0 bridgehead atoms. The first kappa shape index (κ1) is 15.8. The van der Waals surface area contributed by atoms with Crippen molar-refractivity contribution in [3.05, 3.63) is 23.4 Å². The minimum Gasteiger partial charge on any atom is -0.478 e. The van der Waals surface area contributed by atoms with Gasteiger partial charge in [-0.25, -0.2) is 9.78 Å². The third-order valence-electron chi connectivity index (χ3n) is 4.25. The molecule has 0 saturated carbocycles. The van der Waals surface area contributed by atoms with Crippen molar-refractivity contribution >= 4 is 11.8 Å². The largest absolute Gasteiger partial charge is 0.478 e. The van der Waals surface area contributed by atoms with Gasteiger partial charge in [-0.15, -0.1) is 0 Å².